The van der Waals surface area contributed by atoms with E-state index in [1.807, 2.05) is 19.2 Å². The number of nitrogen functional groups attached to an aromatic ring is 1. The van der Waals surface area contributed by atoms with Crippen LogP contribution in [0, 0.1) is 18.3 Å². The lowest BCUT2D eigenvalue weighted by Gasteiger charge is -2.08. The van der Waals surface area contributed by atoms with Crippen molar-refractivity contribution >= 4 is 15.7 Å². The molecule has 3 N–H and O–H groups in total. The van der Waals surface area contributed by atoms with Crippen LogP contribution in [0.5, 0.6) is 0 Å². The smallest absolute Gasteiger partial charge is 0.241 e. The maximum Gasteiger partial charge on any atom is 0.241 e. The van der Waals surface area contributed by atoms with Gasteiger partial charge in [0.05, 0.1) is 23.2 Å². The fourth-order valence-corrected chi connectivity index (χ4v) is 2.99. The van der Waals surface area contributed by atoms with Crippen molar-refractivity contribution in [3.63, 3.8) is 0 Å². The molecule has 0 spiro atoms. The van der Waals surface area contributed by atoms with Crippen LogP contribution in [0.25, 0.3) is 0 Å². The van der Waals surface area contributed by atoms with Gasteiger partial charge in [0.15, 0.2) is 0 Å². The number of aromatic nitrogens is 2. The Labute approximate surface area is 123 Å². The number of nitrogens with one attached hydrogen (secondary N) is 1. The van der Waals surface area contributed by atoms with Gasteiger partial charge in [-0.3, -0.25) is 4.68 Å². The Bertz CT molecular complexity index is 789. The van der Waals surface area contributed by atoms with E-state index in [9.17, 15) is 8.42 Å². The highest BCUT2D eigenvalue weighted by Crippen LogP contribution is 2.17. The molecule has 0 saturated heterocycles. The van der Waals surface area contributed by atoms with Crippen LogP contribution in [-0.2, 0) is 16.6 Å². The van der Waals surface area contributed by atoms with E-state index < -0.39 is 10.0 Å². The van der Waals surface area contributed by atoms with Crippen molar-refractivity contribution in [1.29, 1.82) is 5.26 Å². The van der Waals surface area contributed by atoms with Gasteiger partial charge in [-0.15, -0.1) is 0 Å². The molecular weight excluding hydrogens is 290 g/mol. The number of nitrogens with zero attached hydrogens (tertiary/aromatic N) is 3. The summed E-state index contributed by atoms with van der Waals surface area (Å²) in [6.07, 6.45) is 3.51. The Morgan fingerprint density at radius 3 is 2.86 bits per heavy atom. The lowest BCUT2D eigenvalue weighted by molar-refractivity contribution is 0.560. The van der Waals surface area contributed by atoms with Crippen LogP contribution in [0.4, 0.5) is 5.69 Å². The molecule has 0 aliphatic carbocycles. The molecule has 0 aliphatic rings. The average molecular weight is 305 g/mol. The number of aryl methyl sites for hydroxylation is 1. The molecule has 0 fully saturated rings. The van der Waals surface area contributed by atoms with Crippen molar-refractivity contribution in [3.8, 4) is 6.07 Å². The Morgan fingerprint density at radius 2 is 2.24 bits per heavy atom. The van der Waals surface area contributed by atoms with E-state index in [-0.39, 0.29) is 17.0 Å². The standard InChI is InChI=1S/C13H15N5O2S/c1-10-8-16-18(9-10)5-4-17-21(19,20)13-3-2-12(15)6-11(13)7-14/h2-3,6,8-9,17H,4-5,15H2,1H3. The lowest BCUT2D eigenvalue weighted by Crippen LogP contribution is -2.28. The fourth-order valence-electron chi connectivity index (χ4n) is 1.83. The largest absolute Gasteiger partial charge is 0.399 e. The second kappa shape index (κ2) is 5.95. The van der Waals surface area contributed by atoms with Gasteiger partial charge >= 0.3 is 0 Å². The molecule has 0 bridgehead atoms. The molecule has 0 saturated carbocycles. The number of anilines is 1. The van der Waals surface area contributed by atoms with Crippen LogP contribution in [0.1, 0.15) is 11.1 Å². The molecule has 2 aromatic rings. The highest BCUT2D eigenvalue weighted by molar-refractivity contribution is 7.89. The second-order valence-corrected chi connectivity index (χ2v) is 6.28. The Morgan fingerprint density at radius 1 is 1.48 bits per heavy atom. The summed E-state index contributed by atoms with van der Waals surface area (Å²) < 4.78 is 28.5. The minimum Gasteiger partial charge on any atom is -0.399 e. The number of sulfonamides is 1. The summed E-state index contributed by atoms with van der Waals surface area (Å²) in [5.74, 6) is 0. The molecule has 2 rings (SSSR count). The molecule has 7 nitrogen and oxygen atoms in total. The number of nitrogens with two attached hydrogens (primary N) is 1. The monoisotopic (exact) mass is 305 g/mol. The van der Waals surface area contributed by atoms with E-state index in [1.54, 1.807) is 10.9 Å². The molecule has 21 heavy (non-hydrogen) atoms. The number of rotatable bonds is 5. The van der Waals surface area contributed by atoms with E-state index in [4.69, 9.17) is 11.0 Å². The molecule has 0 atom stereocenters. The molecule has 8 heteroatoms. The van der Waals surface area contributed by atoms with Crippen molar-refractivity contribution < 1.29 is 8.42 Å². The number of hydrogen-bond acceptors (Lipinski definition) is 5. The summed E-state index contributed by atoms with van der Waals surface area (Å²) >= 11 is 0. The van der Waals surface area contributed by atoms with E-state index in [0.29, 0.717) is 12.2 Å². The first-order valence-corrected chi connectivity index (χ1v) is 7.69. The van der Waals surface area contributed by atoms with Gasteiger partial charge in [-0.1, -0.05) is 0 Å². The van der Waals surface area contributed by atoms with Crippen LogP contribution in [0.3, 0.4) is 0 Å². The summed E-state index contributed by atoms with van der Waals surface area (Å²) in [6, 6.07) is 5.95. The van der Waals surface area contributed by atoms with Crippen LogP contribution < -0.4 is 10.5 Å². The molecule has 0 radical (unpaired) electrons. The molecule has 0 unspecified atom stereocenters. The zero-order valence-corrected chi connectivity index (χ0v) is 12.3. The molecule has 110 valence electrons. The molecule has 1 aromatic carbocycles. The van der Waals surface area contributed by atoms with Crippen LogP contribution in [0.15, 0.2) is 35.5 Å². The third kappa shape index (κ3) is 3.59. The summed E-state index contributed by atoms with van der Waals surface area (Å²) in [4.78, 5) is -0.0733. The van der Waals surface area contributed by atoms with Gasteiger partial charge < -0.3 is 5.73 Å². The SMILES string of the molecule is Cc1cnn(CCNS(=O)(=O)c2ccc(N)cc2C#N)c1. The topological polar surface area (TPSA) is 114 Å². The van der Waals surface area contributed by atoms with Gasteiger partial charge in [-0.05, 0) is 30.7 Å². The van der Waals surface area contributed by atoms with E-state index in [0.717, 1.165) is 5.56 Å². The van der Waals surface area contributed by atoms with Gasteiger partial charge in [0, 0.05) is 18.4 Å². The maximum absolute atomic E-state index is 12.2. The average Bonchev–Trinajstić information content (AvgIpc) is 2.83. The van der Waals surface area contributed by atoms with Crippen LogP contribution in [0.2, 0.25) is 0 Å². The van der Waals surface area contributed by atoms with Crippen molar-refractivity contribution in [2.24, 2.45) is 0 Å². The summed E-state index contributed by atoms with van der Waals surface area (Å²) in [5, 5.41) is 13.1. The molecule has 0 aliphatic heterocycles. The van der Waals surface area contributed by atoms with E-state index in [2.05, 4.69) is 9.82 Å². The van der Waals surface area contributed by atoms with Gasteiger partial charge in [-0.25, -0.2) is 13.1 Å². The normalized spacial score (nSPS) is 11.2. The van der Waals surface area contributed by atoms with Crippen molar-refractivity contribution in [2.45, 2.75) is 18.4 Å². The van der Waals surface area contributed by atoms with Crippen LogP contribution in [-0.4, -0.2) is 24.7 Å². The number of benzene rings is 1. The quantitative estimate of drug-likeness (QED) is 0.786. The molecule has 0 amide bonds. The predicted octanol–water partition coefficient (Wildman–Crippen LogP) is 0.624. The van der Waals surface area contributed by atoms with E-state index in [1.165, 1.54) is 18.2 Å². The summed E-state index contributed by atoms with van der Waals surface area (Å²) in [6.45, 7) is 2.49. The van der Waals surface area contributed by atoms with Crippen LogP contribution >= 0.6 is 0 Å². The Balaban J connectivity index is 2.10. The highest BCUT2D eigenvalue weighted by atomic mass is 32.2. The third-order valence-corrected chi connectivity index (χ3v) is 4.33. The first-order chi connectivity index (χ1) is 9.92. The zero-order valence-electron chi connectivity index (χ0n) is 11.4. The highest BCUT2D eigenvalue weighted by Gasteiger charge is 2.18. The first kappa shape index (κ1) is 15.0. The van der Waals surface area contributed by atoms with Gasteiger partial charge in [0.2, 0.25) is 10.0 Å². The fraction of sp³-hybridized carbons (Fsp3) is 0.231. The minimum absolute atomic E-state index is 0.0254. The van der Waals surface area contributed by atoms with Crippen molar-refractivity contribution in [2.75, 3.05) is 12.3 Å². The van der Waals surface area contributed by atoms with E-state index >= 15 is 0 Å². The lowest BCUT2D eigenvalue weighted by atomic mass is 10.2. The van der Waals surface area contributed by atoms with Gasteiger partial charge in [-0.2, -0.15) is 10.4 Å². The number of nitriles is 1. The van der Waals surface area contributed by atoms with Crippen molar-refractivity contribution in [1.82, 2.24) is 14.5 Å². The Kier molecular flexibility index (Phi) is 4.26. The zero-order chi connectivity index (χ0) is 15.5. The van der Waals surface area contributed by atoms with Gasteiger partial charge in [0.1, 0.15) is 6.07 Å². The first-order valence-electron chi connectivity index (χ1n) is 6.21. The Hall–Kier alpha value is -2.37. The minimum atomic E-state index is -3.75. The predicted molar refractivity (Wildman–Crippen MR) is 77.7 cm³/mol. The second-order valence-electron chi connectivity index (χ2n) is 4.55. The summed E-state index contributed by atoms with van der Waals surface area (Å²) in [5.41, 5.74) is 6.92. The summed E-state index contributed by atoms with van der Waals surface area (Å²) in [7, 11) is -3.75. The van der Waals surface area contributed by atoms with Crippen molar-refractivity contribution in [3.05, 3.63) is 41.7 Å². The van der Waals surface area contributed by atoms with Gasteiger partial charge in [0.25, 0.3) is 0 Å². The number of hydrogen-bond donors (Lipinski definition) is 2. The maximum atomic E-state index is 12.2. The molecule has 1 heterocycles. The molecular formula is C13H15N5O2S. The third-order valence-electron chi connectivity index (χ3n) is 2.81. The molecule has 1 aromatic heterocycles.